The number of carbonyl (C=O) groups is 1. The molecule has 5 nitrogen and oxygen atoms in total. The Morgan fingerprint density at radius 1 is 1.36 bits per heavy atom. The molecule has 2 aromatic rings. The highest BCUT2D eigenvalue weighted by Crippen LogP contribution is 2.31. The molecule has 1 amide bonds. The van der Waals surface area contributed by atoms with Crippen LogP contribution in [0.25, 0.3) is 0 Å². The lowest BCUT2D eigenvalue weighted by Crippen LogP contribution is -2.39. The van der Waals surface area contributed by atoms with E-state index in [4.69, 9.17) is 22.1 Å². The van der Waals surface area contributed by atoms with Crippen molar-refractivity contribution in [2.45, 2.75) is 6.10 Å². The Hall–Kier alpha value is -2.11. The molecule has 0 spiro atoms. The van der Waals surface area contributed by atoms with E-state index in [9.17, 15) is 4.79 Å². The number of hydrogen-bond acceptors (Lipinski definition) is 4. The first-order valence-corrected chi connectivity index (χ1v) is 7.39. The fourth-order valence-corrected chi connectivity index (χ4v) is 2.90. The number of nitrogens with two attached hydrogens (primary N) is 1. The summed E-state index contributed by atoms with van der Waals surface area (Å²) < 4.78 is 5.84. The van der Waals surface area contributed by atoms with Gasteiger partial charge in [-0.2, -0.15) is 0 Å². The van der Waals surface area contributed by atoms with Crippen LogP contribution in [0.1, 0.15) is 22.0 Å². The topological polar surface area (TPSA) is 68.5 Å². The predicted molar refractivity (Wildman–Crippen MR) is 85.1 cm³/mol. The number of ether oxygens (including phenoxy) is 1. The Balaban J connectivity index is 1.88. The number of benzene rings is 1. The Kier molecular flexibility index (Phi) is 4.27. The van der Waals surface area contributed by atoms with E-state index < -0.39 is 5.91 Å². The van der Waals surface area contributed by atoms with Crippen LogP contribution in [0, 0.1) is 0 Å². The summed E-state index contributed by atoms with van der Waals surface area (Å²) in [5.41, 5.74) is 7.58. The summed E-state index contributed by atoms with van der Waals surface area (Å²) in [5, 5.41) is 0.680. The molecule has 22 heavy (non-hydrogen) atoms. The van der Waals surface area contributed by atoms with E-state index in [0.717, 1.165) is 11.3 Å². The van der Waals surface area contributed by atoms with Gasteiger partial charge < -0.3 is 15.4 Å². The minimum Gasteiger partial charge on any atom is -0.370 e. The molecule has 1 saturated heterocycles. The molecule has 2 heterocycles. The minimum atomic E-state index is -0.483. The van der Waals surface area contributed by atoms with Gasteiger partial charge in [0.05, 0.1) is 17.9 Å². The number of anilines is 1. The predicted octanol–water partition coefficient (Wildman–Crippen LogP) is 2.41. The van der Waals surface area contributed by atoms with Crippen LogP contribution in [-0.4, -0.2) is 30.6 Å². The summed E-state index contributed by atoms with van der Waals surface area (Å²) >= 11 is 6.25. The monoisotopic (exact) mass is 317 g/mol. The van der Waals surface area contributed by atoms with Crippen molar-refractivity contribution in [1.29, 1.82) is 0 Å². The third-order valence-corrected chi connectivity index (χ3v) is 4.07. The lowest BCUT2D eigenvalue weighted by molar-refractivity contribution is 0.0398. The maximum atomic E-state index is 11.6. The van der Waals surface area contributed by atoms with Crippen molar-refractivity contribution in [3.63, 3.8) is 0 Å². The quantitative estimate of drug-likeness (QED) is 0.944. The van der Waals surface area contributed by atoms with Crippen LogP contribution < -0.4 is 10.6 Å². The molecule has 1 aromatic heterocycles. The molecule has 114 valence electrons. The summed E-state index contributed by atoms with van der Waals surface area (Å²) in [7, 11) is 0. The first kappa shape index (κ1) is 14.8. The molecule has 2 N–H and O–H groups in total. The van der Waals surface area contributed by atoms with E-state index in [1.807, 2.05) is 24.3 Å². The van der Waals surface area contributed by atoms with Crippen LogP contribution >= 0.6 is 11.6 Å². The molecule has 0 bridgehead atoms. The van der Waals surface area contributed by atoms with E-state index in [0.29, 0.717) is 30.3 Å². The first-order valence-electron chi connectivity index (χ1n) is 7.01. The zero-order valence-corrected chi connectivity index (χ0v) is 12.7. The fourth-order valence-electron chi connectivity index (χ4n) is 2.65. The number of amides is 1. The van der Waals surface area contributed by atoms with E-state index >= 15 is 0 Å². The molecule has 1 atom stereocenters. The molecule has 6 heteroatoms. The summed E-state index contributed by atoms with van der Waals surface area (Å²) in [4.78, 5) is 17.6. The lowest BCUT2D eigenvalue weighted by atomic mass is 10.1. The highest BCUT2D eigenvalue weighted by Gasteiger charge is 2.25. The van der Waals surface area contributed by atoms with Crippen LogP contribution in [0.2, 0.25) is 5.02 Å². The summed E-state index contributed by atoms with van der Waals surface area (Å²) in [6, 6.07) is 9.43. The number of hydrogen-bond donors (Lipinski definition) is 1. The maximum absolute atomic E-state index is 11.6. The van der Waals surface area contributed by atoms with E-state index in [1.54, 1.807) is 12.3 Å². The van der Waals surface area contributed by atoms with Gasteiger partial charge in [-0.05, 0) is 12.1 Å². The van der Waals surface area contributed by atoms with Gasteiger partial charge in [-0.3, -0.25) is 9.78 Å². The van der Waals surface area contributed by atoms with Crippen molar-refractivity contribution >= 4 is 23.2 Å². The number of halogens is 1. The molecule has 0 saturated carbocycles. The SMILES string of the molecule is NC(=O)c1cnccc1N1CCOC(c2ccccc2Cl)C1. The molecule has 1 aliphatic rings. The van der Waals surface area contributed by atoms with Crippen LogP contribution in [0.15, 0.2) is 42.7 Å². The van der Waals surface area contributed by atoms with Crippen molar-refractivity contribution in [3.8, 4) is 0 Å². The van der Waals surface area contributed by atoms with Gasteiger partial charge in [-0.25, -0.2) is 0 Å². The zero-order chi connectivity index (χ0) is 15.5. The number of primary amides is 1. The third-order valence-electron chi connectivity index (χ3n) is 3.72. The Bertz CT molecular complexity index is 693. The highest BCUT2D eigenvalue weighted by atomic mass is 35.5. The highest BCUT2D eigenvalue weighted by molar-refractivity contribution is 6.31. The van der Waals surface area contributed by atoms with Gasteiger partial charge in [0.25, 0.3) is 5.91 Å². The Morgan fingerprint density at radius 3 is 2.95 bits per heavy atom. The lowest BCUT2D eigenvalue weighted by Gasteiger charge is -2.35. The molecular weight excluding hydrogens is 302 g/mol. The van der Waals surface area contributed by atoms with Crippen molar-refractivity contribution in [1.82, 2.24) is 4.98 Å². The van der Waals surface area contributed by atoms with Crippen molar-refractivity contribution in [2.24, 2.45) is 5.73 Å². The zero-order valence-electron chi connectivity index (χ0n) is 11.9. The van der Waals surface area contributed by atoms with Crippen molar-refractivity contribution in [2.75, 3.05) is 24.6 Å². The van der Waals surface area contributed by atoms with Crippen molar-refractivity contribution in [3.05, 3.63) is 58.9 Å². The third kappa shape index (κ3) is 2.91. The van der Waals surface area contributed by atoms with Gasteiger partial charge in [0, 0.05) is 36.1 Å². The van der Waals surface area contributed by atoms with E-state index in [1.165, 1.54) is 6.20 Å². The Labute approximate surface area is 133 Å². The molecular formula is C16H16ClN3O2. The van der Waals surface area contributed by atoms with Crippen LogP contribution in [0.5, 0.6) is 0 Å². The number of carbonyl (C=O) groups excluding carboxylic acids is 1. The number of aromatic nitrogens is 1. The first-order chi connectivity index (χ1) is 10.7. The average Bonchev–Trinajstić information content (AvgIpc) is 2.55. The second-order valence-corrected chi connectivity index (χ2v) is 5.49. The molecule has 1 aromatic carbocycles. The van der Waals surface area contributed by atoms with Crippen LogP contribution in [-0.2, 0) is 4.74 Å². The summed E-state index contributed by atoms with van der Waals surface area (Å²) in [6.45, 7) is 1.84. The fraction of sp³-hybridized carbons (Fsp3) is 0.250. The van der Waals surface area contributed by atoms with Gasteiger partial charge in [0.15, 0.2) is 0 Å². The van der Waals surface area contributed by atoms with Crippen LogP contribution in [0.4, 0.5) is 5.69 Å². The van der Waals surface area contributed by atoms with Gasteiger partial charge in [0.1, 0.15) is 6.10 Å². The van der Waals surface area contributed by atoms with Gasteiger partial charge in [-0.1, -0.05) is 29.8 Å². The normalized spacial score (nSPS) is 18.2. The van der Waals surface area contributed by atoms with Crippen molar-refractivity contribution < 1.29 is 9.53 Å². The number of rotatable bonds is 3. The number of pyridine rings is 1. The standard InChI is InChI=1S/C16H16ClN3O2/c17-13-4-2-1-3-11(13)15-10-20(7-8-22-15)14-5-6-19-9-12(14)16(18)21/h1-6,9,15H,7-8,10H2,(H2,18,21). The second-order valence-electron chi connectivity index (χ2n) is 5.08. The summed E-state index contributed by atoms with van der Waals surface area (Å²) in [5.74, 6) is -0.483. The van der Waals surface area contributed by atoms with E-state index in [-0.39, 0.29) is 6.10 Å². The number of morpholine rings is 1. The average molecular weight is 318 g/mol. The van der Waals surface area contributed by atoms with E-state index in [2.05, 4.69) is 9.88 Å². The molecule has 0 aliphatic carbocycles. The second kappa shape index (κ2) is 6.34. The minimum absolute atomic E-state index is 0.142. The van der Waals surface area contributed by atoms with Gasteiger partial charge >= 0.3 is 0 Å². The van der Waals surface area contributed by atoms with Gasteiger partial charge in [-0.15, -0.1) is 0 Å². The molecule has 1 aliphatic heterocycles. The smallest absolute Gasteiger partial charge is 0.252 e. The number of nitrogens with zero attached hydrogens (tertiary/aromatic N) is 2. The molecule has 3 rings (SSSR count). The van der Waals surface area contributed by atoms with Gasteiger partial charge in [0.2, 0.25) is 0 Å². The molecule has 1 fully saturated rings. The molecule has 0 radical (unpaired) electrons. The largest absolute Gasteiger partial charge is 0.370 e. The summed E-state index contributed by atoms with van der Waals surface area (Å²) in [6.07, 6.45) is 3.01. The molecule has 1 unspecified atom stereocenters. The van der Waals surface area contributed by atoms with Crippen LogP contribution in [0.3, 0.4) is 0 Å². The maximum Gasteiger partial charge on any atom is 0.252 e. The Morgan fingerprint density at radius 2 is 2.18 bits per heavy atom.